The Balaban J connectivity index is 2.01. The lowest BCUT2D eigenvalue weighted by Crippen LogP contribution is -2.63. The number of nitrogen functional groups attached to an aromatic ring is 1. The van der Waals surface area contributed by atoms with E-state index in [1.807, 2.05) is 0 Å². The predicted octanol–water partition coefficient (Wildman–Crippen LogP) is 3.32. The number of hydrogen-bond acceptors (Lipinski definition) is 13. The van der Waals surface area contributed by atoms with E-state index in [4.69, 9.17) is 38.9 Å². The zero-order chi connectivity index (χ0) is 34.0. The van der Waals surface area contributed by atoms with Gasteiger partial charge in [0.15, 0.2) is 18.0 Å². The highest BCUT2D eigenvalue weighted by Gasteiger charge is 2.53. The highest BCUT2D eigenvalue weighted by atomic mass is 16.7. The highest BCUT2D eigenvalue weighted by molar-refractivity contribution is 5.90. The van der Waals surface area contributed by atoms with E-state index in [2.05, 4.69) is 6.92 Å². The van der Waals surface area contributed by atoms with Gasteiger partial charge in [-0.3, -0.25) is 24.0 Å². The molecule has 254 valence electrons. The van der Waals surface area contributed by atoms with E-state index in [1.54, 1.807) is 25.2 Å². The van der Waals surface area contributed by atoms with Crippen LogP contribution in [0.1, 0.15) is 73.1 Å². The summed E-state index contributed by atoms with van der Waals surface area (Å²) in [5.74, 6) is -3.08. The van der Waals surface area contributed by atoms with Gasteiger partial charge in [0.2, 0.25) is 18.1 Å². The Morgan fingerprint density at radius 1 is 0.783 bits per heavy atom. The first-order chi connectivity index (χ1) is 21.8. The van der Waals surface area contributed by atoms with Crippen molar-refractivity contribution in [2.24, 2.45) is 7.05 Å². The molecule has 0 spiro atoms. The standard InChI is InChI=1S/C32H44N2O12/c1-7-8-9-10-11-12-15-40-29-26(23-14-13-22(33)16-24(23)34(6)31(29)39)41-17-25-27(42-18(2)35)28(43-19(3)36)30(44-20(4)37)32(46-25)45-21(5)38/h13-14,16,25,27-28,30,32H,7-12,15,17,33H2,1-6H3/t25-,27+,28+,30-,32+/m0/s1. The van der Waals surface area contributed by atoms with Crippen LogP contribution in [0.5, 0.6) is 11.5 Å². The van der Waals surface area contributed by atoms with E-state index in [1.165, 1.54) is 4.57 Å². The zero-order valence-corrected chi connectivity index (χ0v) is 27.2. The summed E-state index contributed by atoms with van der Waals surface area (Å²) in [6.45, 7) is 6.47. The van der Waals surface area contributed by atoms with Crippen LogP contribution in [-0.2, 0) is 49.9 Å². The summed E-state index contributed by atoms with van der Waals surface area (Å²) in [4.78, 5) is 61.8. The molecule has 0 amide bonds. The number of ether oxygens (including phenoxy) is 7. The SMILES string of the molecule is CCCCCCCCOc1c(OC[C@@H]2O[C@@H](OC(C)=O)[C@@H](OC(C)=O)[C@H](OC(C)=O)[C@@H]2OC(C)=O)c2ccc(N)cc2n(C)c1=O. The molecule has 5 atom stereocenters. The summed E-state index contributed by atoms with van der Waals surface area (Å²) < 4.78 is 41.2. The molecule has 46 heavy (non-hydrogen) atoms. The van der Waals surface area contributed by atoms with Crippen molar-refractivity contribution in [1.82, 2.24) is 4.57 Å². The number of aryl methyl sites for hydroxylation is 1. The number of nitrogens with two attached hydrogens (primary N) is 1. The number of rotatable bonds is 15. The number of aromatic nitrogens is 1. The maximum absolute atomic E-state index is 13.5. The van der Waals surface area contributed by atoms with Crippen molar-refractivity contribution in [2.75, 3.05) is 18.9 Å². The molecule has 1 aromatic carbocycles. The quantitative estimate of drug-likeness (QED) is 0.129. The molecule has 14 heteroatoms. The van der Waals surface area contributed by atoms with Crippen LogP contribution in [0.25, 0.3) is 10.9 Å². The number of carbonyl (C=O) groups is 4. The highest BCUT2D eigenvalue weighted by Crippen LogP contribution is 2.36. The fourth-order valence-electron chi connectivity index (χ4n) is 5.24. The molecule has 2 heterocycles. The van der Waals surface area contributed by atoms with Gasteiger partial charge in [0.25, 0.3) is 5.56 Å². The number of benzene rings is 1. The first-order valence-electron chi connectivity index (χ1n) is 15.4. The van der Waals surface area contributed by atoms with Gasteiger partial charge in [0, 0.05) is 45.8 Å². The Bertz CT molecular complexity index is 1450. The number of nitrogens with zero attached hydrogens (tertiary/aromatic N) is 1. The summed E-state index contributed by atoms with van der Waals surface area (Å²) in [6.07, 6.45) is -0.998. The minimum Gasteiger partial charge on any atom is -0.486 e. The minimum atomic E-state index is -1.56. The average Bonchev–Trinajstić information content (AvgIpc) is 2.97. The van der Waals surface area contributed by atoms with Gasteiger partial charge in [0.05, 0.1) is 12.1 Å². The fourth-order valence-corrected chi connectivity index (χ4v) is 5.24. The maximum Gasteiger partial charge on any atom is 0.305 e. The van der Waals surface area contributed by atoms with E-state index in [0.29, 0.717) is 16.6 Å². The first-order valence-corrected chi connectivity index (χ1v) is 15.4. The second-order valence-electron chi connectivity index (χ2n) is 11.1. The van der Waals surface area contributed by atoms with Crippen LogP contribution >= 0.6 is 0 Å². The van der Waals surface area contributed by atoms with Crippen LogP contribution in [0, 0.1) is 0 Å². The van der Waals surface area contributed by atoms with E-state index in [9.17, 15) is 24.0 Å². The van der Waals surface area contributed by atoms with Gasteiger partial charge < -0.3 is 43.5 Å². The van der Waals surface area contributed by atoms with Crippen LogP contribution in [0.15, 0.2) is 23.0 Å². The number of anilines is 1. The first kappa shape index (κ1) is 36.1. The zero-order valence-electron chi connectivity index (χ0n) is 27.2. The second-order valence-corrected chi connectivity index (χ2v) is 11.1. The summed E-state index contributed by atoms with van der Waals surface area (Å²) in [7, 11) is 1.59. The third-order valence-electron chi connectivity index (χ3n) is 7.25. The summed E-state index contributed by atoms with van der Waals surface area (Å²) in [5.41, 5.74) is 6.44. The van der Waals surface area contributed by atoms with Crippen LogP contribution in [0.4, 0.5) is 5.69 Å². The Morgan fingerprint density at radius 2 is 1.37 bits per heavy atom. The van der Waals surface area contributed by atoms with Gasteiger partial charge in [-0.1, -0.05) is 39.0 Å². The van der Waals surface area contributed by atoms with Crippen LogP contribution in [-0.4, -0.2) is 72.4 Å². The van der Waals surface area contributed by atoms with E-state index in [-0.39, 0.29) is 18.1 Å². The Hall–Kier alpha value is -4.33. The van der Waals surface area contributed by atoms with Gasteiger partial charge >= 0.3 is 23.9 Å². The molecule has 0 unspecified atom stereocenters. The van der Waals surface area contributed by atoms with Crippen LogP contribution in [0.3, 0.4) is 0 Å². The molecule has 0 aliphatic carbocycles. The van der Waals surface area contributed by atoms with Crippen LogP contribution in [0.2, 0.25) is 0 Å². The van der Waals surface area contributed by atoms with Gasteiger partial charge in [0.1, 0.15) is 12.7 Å². The summed E-state index contributed by atoms with van der Waals surface area (Å²) in [5, 5.41) is 0.500. The number of fused-ring (bicyclic) bond motifs is 1. The molecular formula is C32H44N2O12. The molecule has 1 fully saturated rings. The lowest BCUT2D eigenvalue weighted by atomic mass is 9.98. The normalized spacial score (nSPS) is 20.9. The number of esters is 4. The molecule has 2 N–H and O–H groups in total. The minimum absolute atomic E-state index is 0.0426. The largest absolute Gasteiger partial charge is 0.486 e. The third-order valence-corrected chi connectivity index (χ3v) is 7.25. The van der Waals surface area contributed by atoms with Crippen molar-refractivity contribution in [3.63, 3.8) is 0 Å². The molecule has 1 aromatic heterocycles. The third kappa shape index (κ3) is 9.59. The molecule has 0 saturated carbocycles. The smallest absolute Gasteiger partial charge is 0.305 e. The molecule has 0 bridgehead atoms. The Labute approximate surface area is 267 Å². The van der Waals surface area contributed by atoms with Crippen molar-refractivity contribution < 1.29 is 52.3 Å². The number of unbranched alkanes of at least 4 members (excludes halogenated alkanes) is 5. The molecule has 3 rings (SSSR count). The summed E-state index contributed by atoms with van der Waals surface area (Å²) in [6, 6.07) is 4.95. The van der Waals surface area contributed by atoms with Gasteiger partial charge in [-0.2, -0.15) is 0 Å². The van der Waals surface area contributed by atoms with Gasteiger partial charge in [-0.05, 0) is 24.6 Å². The summed E-state index contributed by atoms with van der Waals surface area (Å²) >= 11 is 0. The van der Waals surface area contributed by atoms with Crippen molar-refractivity contribution in [2.45, 2.75) is 104 Å². The van der Waals surface area contributed by atoms with Crippen molar-refractivity contribution in [3.05, 3.63) is 28.6 Å². The average molecular weight is 649 g/mol. The van der Waals surface area contributed by atoms with E-state index in [0.717, 1.165) is 66.2 Å². The molecule has 1 aliphatic heterocycles. The fraction of sp³-hybridized carbons (Fsp3) is 0.594. The van der Waals surface area contributed by atoms with E-state index >= 15 is 0 Å². The number of hydrogen-bond donors (Lipinski definition) is 1. The number of pyridine rings is 1. The molecule has 1 aliphatic rings. The maximum atomic E-state index is 13.5. The Morgan fingerprint density at radius 3 is 2.00 bits per heavy atom. The molecule has 2 aromatic rings. The Kier molecular flexibility index (Phi) is 13.2. The molecular weight excluding hydrogens is 604 g/mol. The molecule has 14 nitrogen and oxygen atoms in total. The monoisotopic (exact) mass is 648 g/mol. The van der Waals surface area contributed by atoms with E-state index < -0.39 is 66.7 Å². The van der Waals surface area contributed by atoms with Crippen molar-refractivity contribution in [1.29, 1.82) is 0 Å². The second kappa shape index (κ2) is 16.8. The lowest BCUT2D eigenvalue weighted by molar-refractivity contribution is -0.298. The van der Waals surface area contributed by atoms with Crippen molar-refractivity contribution in [3.8, 4) is 11.5 Å². The van der Waals surface area contributed by atoms with Gasteiger partial charge in [-0.25, -0.2) is 0 Å². The molecule has 0 radical (unpaired) electrons. The number of carbonyl (C=O) groups excluding carboxylic acids is 4. The van der Waals surface area contributed by atoms with Crippen LogP contribution < -0.4 is 20.8 Å². The van der Waals surface area contributed by atoms with Gasteiger partial charge in [-0.15, -0.1) is 0 Å². The lowest BCUT2D eigenvalue weighted by Gasteiger charge is -2.43. The molecule has 1 saturated heterocycles. The van der Waals surface area contributed by atoms with Crippen molar-refractivity contribution >= 4 is 40.5 Å². The topological polar surface area (TPSA) is 181 Å². The predicted molar refractivity (Wildman–Crippen MR) is 165 cm³/mol.